The van der Waals surface area contributed by atoms with Crippen LogP contribution in [0.15, 0.2) is 73.2 Å². The van der Waals surface area contributed by atoms with Crippen LogP contribution in [-0.2, 0) is 4.79 Å². The summed E-state index contributed by atoms with van der Waals surface area (Å²) < 4.78 is 47.9. The molecule has 0 saturated carbocycles. The molecule has 1 N–H and O–H groups in total. The van der Waals surface area contributed by atoms with Crippen LogP contribution in [-0.4, -0.2) is 73.6 Å². The van der Waals surface area contributed by atoms with E-state index in [9.17, 15) is 18.0 Å². The number of alkyl halides is 3. The van der Waals surface area contributed by atoms with Crippen LogP contribution >= 0.6 is 11.5 Å². The molecule has 1 fully saturated rings. The number of nitrogens with zero attached hydrogens (tertiary/aromatic N) is 7. The molecule has 0 unspecified atom stereocenters. The van der Waals surface area contributed by atoms with Gasteiger partial charge in [0.2, 0.25) is 11.0 Å². The minimum absolute atomic E-state index is 0.00927. The number of imidazole rings is 1. The Balaban J connectivity index is 1.11. The average Bonchev–Trinajstić information content (AvgIpc) is 3.62. The van der Waals surface area contributed by atoms with Crippen molar-refractivity contribution < 1.29 is 22.7 Å². The number of nitrogens with one attached hydrogen (secondary N) is 1. The number of hydrogen-bond donors (Lipinski definition) is 1. The van der Waals surface area contributed by atoms with E-state index in [1.165, 1.54) is 35.8 Å². The predicted octanol–water partition coefficient (Wildman–Crippen LogP) is 4.57. The van der Waals surface area contributed by atoms with Crippen molar-refractivity contribution in [2.75, 3.05) is 42.9 Å². The molecule has 2 aromatic carbocycles. The third kappa shape index (κ3) is 5.91. The van der Waals surface area contributed by atoms with Gasteiger partial charge in [0.15, 0.2) is 11.5 Å². The van der Waals surface area contributed by atoms with E-state index in [0.29, 0.717) is 54.7 Å². The van der Waals surface area contributed by atoms with Gasteiger partial charge in [-0.3, -0.25) is 14.2 Å². The van der Waals surface area contributed by atoms with Gasteiger partial charge in [0.05, 0.1) is 12.7 Å². The second-order valence-corrected chi connectivity index (χ2v) is 9.90. The lowest BCUT2D eigenvalue weighted by molar-refractivity contribution is -0.274. The zero-order chi connectivity index (χ0) is 28.4. The minimum Gasteiger partial charge on any atom is -0.406 e. The number of hydrogen-bond acceptors (Lipinski definition) is 9. The standard InChI is InChI=1S/C27H23F3N8O2S/c28-27(29,30)40-20-8-6-18(7-9-20)23-25(38-11-10-31-16-21(38)33-23)32-17-22(39)36-12-14-37(15-13-36)26-34-24(35-41-26)19-4-2-1-3-5-19/h1-11,16,32H,12-15,17H2. The number of fused-ring (bicyclic) bond motifs is 1. The summed E-state index contributed by atoms with van der Waals surface area (Å²) in [6, 6.07) is 15.2. The van der Waals surface area contributed by atoms with Gasteiger partial charge >= 0.3 is 6.36 Å². The molecule has 3 aromatic heterocycles. The Bertz CT molecular complexity index is 1650. The number of halogens is 3. The first-order valence-corrected chi connectivity index (χ1v) is 13.5. The summed E-state index contributed by atoms with van der Waals surface area (Å²) >= 11 is 1.34. The maximum Gasteiger partial charge on any atom is 0.573 e. The molecule has 4 heterocycles. The fourth-order valence-electron chi connectivity index (χ4n) is 4.56. The van der Waals surface area contributed by atoms with Crippen LogP contribution in [0.4, 0.5) is 24.1 Å². The van der Waals surface area contributed by atoms with Crippen molar-refractivity contribution in [1.29, 1.82) is 0 Å². The molecule has 0 aliphatic carbocycles. The van der Waals surface area contributed by atoms with E-state index in [0.717, 1.165) is 10.7 Å². The number of ether oxygens (including phenoxy) is 1. The number of rotatable bonds is 7. The summed E-state index contributed by atoms with van der Waals surface area (Å²) in [7, 11) is 0. The summed E-state index contributed by atoms with van der Waals surface area (Å²) in [4.78, 5) is 30.4. The molecule has 1 aliphatic rings. The lowest BCUT2D eigenvalue weighted by atomic mass is 10.1. The quantitative estimate of drug-likeness (QED) is 0.299. The monoisotopic (exact) mass is 580 g/mol. The van der Waals surface area contributed by atoms with E-state index in [2.05, 4.69) is 34.3 Å². The van der Waals surface area contributed by atoms with Crippen LogP contribution < -0.4 is 15.0 Å². The maximum atomic E-state index is 13.1. The van der Waals surface area contributed by atoms with Crippen molar-refractivity contribution in [3.63, 3.8) is 0 Å². The molecule has 1 amide bonds. The van der Waals surface area contributed by atoms with E-state index >= 15 is 0 Å². The molecule has 0 radical (unpaired) electrons. The summed E-state index contributed by atoms with van der Waals surface area (Å²) in [5.41, 5.74) is 2.51. The normalized spacial score (nSPS) is 13.9. The van der Waals surface area contributed by atoms with Crippen LogP contribution in [0.25, 0.3) is 28.3 Å². The summed E-state index contributed by atoms with van der Waals surface area (Å²) in [6.07, 6.45) is 0.0661. The lowest BCUT2D eigenvalue weighted by Crippen LogP contribution is -2.50. The highest BCUT2D eigenvalue weighted by molar-refractivity contribution is 7.09. The summed E-state index contributed by atoms with van der Waals surface area (Å²) in [5, 5.41) is 4.01. The number of carbonyl (C=O) groups excluding carboxylic acids is 1. The Morgan fingerprint density at radius 2 is 1.73 bits per heavy atom. The van der Waals surface area contributed by atoms with Crippen molar-refractivity contribution in [2.45, 2.75) is 6.36 Å². The van der Waals surface area contributed by atoms with Crippen LogP contribution in [0.1, 0.15) is 0 Å². The fourth-order valence-corrected chi connectivity index (χ4v) is 5.30. The zero-order valence-electron chi connectivity index (χ0n) is 21.5. The number of carbonyl (C=O) groups is 1. The third-order valence-corrected chi connectivity index (χ3v) is 7.33. The molecule has 14 heteroatoms. The number of aromatic nitrogens is 5. The topological polar surface area (TPSA) is 101 Å². The Morgan fingerprint density at radius 3 is 2.46 bits per heavy atom. The fraction of sp³-hybridized carbons (Fsp3) is 0.222. The largest absolute Gasteiger partial charge is 0.573 e. The van der Waals surface area contributed by atoms with Gasteiger partial charge in [-0.15, -0.1) is 13.2 Å². The van der Waals surface area contributed by atoms with Gasteiger partial charge in [-0.2, -0.15) is 9.36 Å². The molecule has 0 atom stereocenters. The molecular formula is C27H23F3N8O2S. The Labute approximate surface area is 236 Å². The van der Waals surface area contributed by atoms with E-state index in [4.69, 9.17) is 0 Å². The summed E-state index contributed by atoms with van der Waals surface area (Å²) in [6.45, 7) is 2.34. The lowest BCUT2D eigenvalue weighted by Gasteiger charge is -2.34. The maximum absolute atomic E-state index is 13.1. The molecule has 0 bridgehead atoms. The van der Waals surface area contributed by atoms with Crippen molar-refractivity contribution in [3.8, 4) is 28.4 Å². The molecule has 5 aromatic rings. The number of anilines is 2. The SMILES string of the molecule is O=C(CNc1c(-c2ccc(OC(F)(F)F)cc2)nc2cnccn12)N1CCN(c2nc(-c3ccccc3)ns2)CC1. The highest BCUT2D eigenvalue weighted by Gasteiger charge is 2.31. The van der Waals surface area contributed by atoms with E-state index < -0.39 is 6.36 Å². The molecule has 1 saturated heterocycles. The summed E-state index contributed by atoms with van der Waals surface area (Å²) in [5.74, 6) is 0.798. The second kappa shape index (κ2) is 11.0. The van der Waals surface area contributed by atoms with E-state index in [1.54, 1.807) is 27.9 Å². The minimum atomic E-state index is -4.78. The van der Waals surface area contributed by atoms with Gasteiger partial charge in [-0.25, -0.2) is 4.98 Å². The van der Waals surface area contributed by atoms with E-state index in [1.807, 2.05) is 30.3 Å². The first-order valence-electron chi connectivity index (χ1n) is 12.7. The highest BCUT2D eigenvalue weighted by Crippen LogP contribution is 2.31. The number of amides is 1. The van der Waals surface area contributed by atoms with Gasteiger partial charge in [-0.1, -0.05) is 30.3 Å². The van der Waals surface area contributed by atoms with E-state index in [-0.39, 0.29) is 18.2 Å². The van der Waals surface area contributed by atoms with Gasteiger partial charge in [0, 0.05) is 61.2 Å². The van der Waals surface area contributed by atoms with Crippen LogP contribution in [0.2, 0.25) is 0 Å². The van der Waals surface area contributed by atoms with Crippen molar-refractivity contribution in [1.82, 2.24) is 28.6 Å². The Morgan fingerprint density at radius 1 is 0.976 bits per heavy atom. The van der Waals surface area contributed by atoms with Gasteiger partial charge in [0.1, 0.15) is 17.3 Å². The molecule has 41 heavy (non-hydrogen) atoms. The van der Waals surface area contributed by atoms with Crippen LogP contribution in [0.5, 0.6) is 5.75 Å². The molecule has 10 nitrogen and oxygen atoms in total. The molecule has 1 aliphatic heterocycles. The van der Waals surface area contributed by atoms with Gasteiger partial charge < -0.3 is 19.9 Å². The third-order valence-electron chi connectivity index (χ3n) is 6.55. The smallest absolute Gasteiger partial charge is 0.406 e. The second-order valence-electron chi connectivity index (χ2n) is 9.17. The molecule has 210 valence electrons. The van der Waals surface area contributed by atoms with Crippen molar-refractivity contribution in [3.05, 3.63) is 73.2 Å². The molecular weight excluding hydrogens is 557 g/mol. The average molecular weight is 581 g/mol. The first kappa shape index (κ1) is 26.5. The predicted molar refractivity (Wildman–Crippen MR) is 148 cm³/mol. The van der Waals surface area contributed by atoms with Gasteiger partial charge in [-0.05, 0) is 24.3 Å². The van der Waals surface area contributed by atoms with Crippen molar-refractivity contribution >= 4 is 34.0 Å². The number of piperazine rings is 1. The first-order chi connectivity index (χ1) is 19.8. The molecule has 0 spiro atoms. The van der Waals surface area contributed by atoms with Crippen LogP contribution in [0.3, 0.4) is 0 Å². The van der Waals surface area contributed by atoms with Crippen molar-refractivity contribution in [2.24, 2.45) is 0 Å². The number of benzene rings is 2. The van der Waals surface area contributed by atoms with Crippen LogP contribution in [0, 0.1) is 0 Å². The molecule has 6 rings (SSSR count). The zero-order valence-corrected chi connectivity index (χ0v) is 22.3. The Kier molecular flexibility index (Phi) is 7.14. The highest BCUT2D eigenvalue weighted by atomic mass is 32.1. The van der Waals surface area contributed by atoms with Gasteiger partial charge in [0.25, 0.3) is 0 Å². The Hall–Kier alpha value is -4.72.